The van der Waals surface area contributed by atoms with E-state index in [1.807, 2.05) is 6.07 Å². The zero-order valence-corrected chi connectivity index (χ0v) is 8.98. The summed E-state index contributed by atoms with van der Waals surface area (Å²) >= 11 is 0. The summed E-state index contributed by atoms with van der Waals surface area (Å²) in [7, 11) is 0. The monoisotopic (exact) mass is 220 g/mol. The first-order valence-corrected chi connectivity index (χ1v) is 5.41. The molecule has 0 aliphatic heterocycles. The molecule has 4 heteroatoms. The molecule has 0 amide bonds. The molecule has 0 saturated heterocycles. The number of aliphatic hydroxyl groups is 1. The Morgan fingerprint density at radius 1 is 1.38 bits per heavy atom. The van der Waals surface area contributed by atoms with Gasteiger partial charge in [-0.15, -0.1) is 0 Å². The standard InChI is InChI=1S/C12H16N2O2/c13-6-2-5-12(16)10-7-8-9(14-10)3-1-4-11(8)15/h1,3-4,7,12,14-16H,2,5-6,13H2. The largest absolute Gasteiger partial charge is 0.507 e. The van der Waals surface area contributed by atoms with Crippen molar-refractivity contribution in [2.24, 2.45) is 5.73 Å². The SMILES string of the molecule is NCCCC(O)c1cc2c(O)cccc2[nH]1. The predicted octanol–water partition coefficient (Wildman–Crippen LogP) is 1.65. The van der Waals surface area contributed by atoms with E-state index in [1.54, 1.807) is 18.2 Å². The molecule has 0 saturated carbocycles. The number of nitrogens with one attached hydrogen (secondary N) is 1. The first-order chi connectivity index (χ1) is 7.72. The number of aromatic amines is 1. The second kappa shape index (κ2) is 4.55. The van der Waals surface area contributed by atoms with Crippen LogP contribution in [0.1, 0.15) is 24.6 Å². The molecule has 0 radical (unpaired) electrons. The minimum atomic E-state index is -0.546. The minimum Gasteiger partial charge on any atom is -0.507 e. The summed E-state index contributed by atoms with van der Waals surface area (Å²) in [4.78, 5) is 3.09. The maximum Gasteiger partial charge on any atom is 0.124 e. The zero-order chi connectivity index (χ0) is 11.5. The lowest BCUT2D eigenvalue weighted by Gasteiger charge is -2.06. The molecular weight excluding hydrogens is 204 g/mol. The van der Waals surface area contributed by atoms with Crippen LogP contribution in [0.15, 0.2) is 24.3 Å². The lowest BCUT2D eigenvalue weighted by atomic mass is 10.1. The number of aromatic hydroxyl groups is 1. The van der Waals surface area contributed by atoms with Gasteiger partial charge >= 0.3 is 0 Å². The third-order valence-corrected chi connectivity index (χ3v) is 2.70. The van der Waals surface area contributed by atoms with E-state index >= 15 is 0 Å². The summed E-state index contributed by atoms with van der Waals surface area (Å²) in [5.74, 6) is 0.228. The van der Waals surface area contributed by atoms with E-state index in [2.05, 4.69) is 4.98 Å². The first kappa shape index (κ1) is 11.0. The molecule has 2 aromatic rings. The van der Waals surface area contributed by atoms with Crippen LogP contribution in [0, 0.1) is 0 Å². The van der Waals surface area contributed by atoms with Gasteiger partial charge in [0.1, 0.15) is 5.75 Å². The Morgan fingerprint density at radius 2 is 2.19 bits per heavy atom. The molecule has 1 atom stereocenters. The second-order valence-electron chi connectivity index (χ2n) is 3.91. The number of hydrogen-bond acceptors (Lipinski definition) is 3. The van der Waals surface area contributed by atoms with Gasteiger partial charge in [0.05, 0.1) is 6.10 Å². The number of benzene rings is 1. The molecule has 4 nitrogen and oxygen atoms in total. The van der Waals surface area contributed by atoms with Crippen molar-refractivity contribution in [3.63, 3.8) is 0 Å². The van der Waals surface area contributed by atoms with Crippen molar-refractivity contribution >= 4 is 10.9 Å². The Morgan fingerprint density at radius 3 is 2.88 bits per heavy atom. The van der Waals surface area contributed by atoms with Gasteiger partial charge in [-0.05, 0) is 37.6 Å². The highest BCUT2D eigenvalue weighted by atomic mass is 16.3. The van der Waals surface area contributed by atoms with Gasteiger partial charge in [-0.1, -0.05) is 6.07 Å². The minimum absolute atomic E-state index is 0.228. The van der Waals surface area contributed by atoms with Crippen LogP contribution in [0.5, 0.6) is 5.75 Å². The average molecular weight is 220 g/mol. The number of hydrogen-bond donors (Lipinski definition) is 4. The fourth-order valence-corrected chi connectivity index (χ4v) is 1.81. The van der Waals surface area contributed by atoms with Crippen LogP contribution in [-0.4, -0.2) is 21.7 Å². The van der Waals surface area contributed by atoms with Gasteiger partial charge in [0, 0.05) is 16.6 Å². The van der Waals surface area contributed by atoms with Crippen LogP contribution < -0.4 is 5.73 Å². The number of aromatic nitrogens is 1. The van der Waals surface area contributed by atoms with Crippen molar-refractivity contribution in [1.82, 2.24) is 4.98 Å². The van der Waals surface area contributed by atoms with Gasteiger partial charge in [0.15, 0.2) is 0 Å². The highest BCUT2D eigenvalue weighted by molar-refractivity contribution is 5.86. The molecule has 16 heavy (non-hydrogen) atoms. The van der Waals surface area contributed by atoms with Crippen molar-refractivity contribution < 1.29 is 10.2 Å². The fourth-order valence-electron chi connectivity index (χ4n) is 1.81. The van der Waals surface area contributed by atoms with Crippen molar-refractivity contribution in [3.05, 3.63) is 30.0 Å². The molecule has 5 N–H and O–H groups in total. The molecule has 2 rings (SSSR count). The van der Waals surface area contributed by atoms with E-state index in [-0.39, 0.29) is 5.75 Å². The summed E-state index contributed by atoms with van der Waals surface area (Å²) in [5, 5.41) is 20.2. The number of nitrogens with two attached hydrogens (primary N) is 1. The van der Waals surface area contributed by atoms with Crippen LogP contribution in [0.3, 0.4) is 0 Å². The maximum absolute atomic E-state index is 9.88. The Balaban J connectivity index is 2.29. The van der Waals surface area contributed by atoms with E-state index in [4.69, 9.17) is 5.73 Å². The molecule has 1 aromatic carbocycles. The summed E-state index contributed by atoms with van der Waals surface area (Å²) < 4.78 is 0. The maximum atomic E-state index is 9.88. The van der Waals surface area contributed by atoms with Crippen molar-refractivity contribution in [1.29, 1.82) is 0 Å². The van der Waals surface area contributed by atoms with Crippen LogP contribution in [0.4, 0.5) is 0 Å². The molecule has 1 unspecified atom stereocenters. The number of aliphatic hydroxyl groups excluding tert-OH is 1. The molecule has 1 heterocycles. The zero-order valence-electron chi connectivity index (χ0n) is 8.98. The first-order valence-electron chi connectivity index (χ1n) is 5.41. The molecule has 0 fully saturated rings. The van der Waals surface area contributed by atoms with Crippen LogP contribution >= 0.6 is 0 Å². The van der Waals surface area contributed by atoms with Crippen LogP contribution in [0.25, 0.3) is 10.9 Å². The summed E-state index contributed by atoms with van der Waals surface area (Å²) in [6, 6.07) is 7.05. The lowest BCUT2D eigenvalue weighted by Crippen LogP contribution is -2.03. The molecule has 0 aliphatic carbocycles. The number of H-pyrrole nitrogens is 1. The van der Waals surface area contributed by atoms with E-state index in [9.17, 15) is 10.2 Å². The Hall–Kier alpha value is -1.52. The smallest absolute Gasteiger partial charge is 0.124 e. The van der Waals surface area contributed by atoms with E-state index < -0.39 is 6.10 Å². The molecule has 0 aliphatic rings. The van der Waals surface area contributed by atoms with Gasteiger partial charge in [-0.3, -0.25) is 0 Å². The second-order valence-corrected chi connectivity index (χ2v) is 3.91. The van der Waals surface area contributed by atoms with Crippen LogP contribution in [0.2, 0.25) is 0 Å². The Kier molecular flexibility index (Phi) is 3.12. The molecule has 86 valence electrons. The fraction of sp³-hybridized carbons (Fsp3) is 0.333. The Labute approximate surface area is 93.7 Å². The molecule has 0 spiro atoms. The molecular formula is C12H16N2O2. The summed E-state index contributed by atoms with van der Waals surface area (Å²) in [5.41, 5.74) is 6.95. The molecule has 0 bridgehead atoms. The normalized spacial score (nSPS) is 13.1. The lowest BCUT2D eigenvalue weighted by molar-refractivity contribution is 0.161. The van der Waals surface area contributed by atoms with Crippen molar-refractivity contribution in [2.75, 3.05) is 6.54 Å². The highest BCUT2D eigenvalue weighted by Gasteiger charge is 2.11. The molecule has 1 aromatic heterocycles. The number of fused-ring (bicyclic) bond motifs is 1. The third-order valence-electron chi connectivity index (χ3n) is 2.70. The van der Waals surface area contributed by atoms with Gasteiger partial charge in [-0.25, -0.2) is 0 Å². The van der Waals surface area contributed by atoms with Crippen LogP contribution in [-0.2, 0) is 0 Å². The van der Waals surface area contributed by atoms with Crippen molar-refractivity contribution in [2.45, 2.75) is 18.9 Å². The average Bonchev–Trinajstić information content (AvgIpc) is 2.71. The van der Waals surface area contributed by atoms with Crippen molar-refractivity contribution in [3.8, 4) is 5.75 Å². The van der Waals surface area contributed by atoms with Gasteiger partial charge < -0.3 is 20.9 Å². The number of phenolic OH excluding ortho intramolecular Hbond substituents is 1. The quantitative estimate of drug-likeness (QED) is 0.632. The van der Waals surface area contributed by atoms with Gasteiger partial charge in [0.25, 0.3) is 0 Å². The summed E-state index contributed by atoms with van der Waals surface area (Å²) in [6.45, 7) is 0.572. The van der Waals surface area contributed by atoms with Gasteiger partial charge in [0.2, 0.25) is 0 Å². The summed E-state index contributed by atoms with van der Waals surface area (Å²) in [6.07, 6.45) is 0.863. The third kappa shape index (κ3) is 2.03. The van der Waals surface area contributed by atoms with E-state index in [1.165, 1.54) is 0 Å². The topological polar surface area (TPSA) is 82.3 Å². The number of rotatable bonds is 4. The Bertz CT molecular complexity index is 479. The van der Waals surface area contributed by atoms with E-state index in [0.717, 1.165) is 23.0 Å². The number of phenols is 1. The van der Waals surface area contributed by atoms with Gasteiger partial charge in [-0.2, -0.15) is 0 Å². The van der Waals surface area contributed by atoms with E-state index in [0.29, 0.717) is 13.0 Å². The highest BCUT2D eigenvalue weighted by Crippen LogP contribution is 2.28. The predicted molar refractivity (Wildman–Crippen MR) is 63.2 cm³/mol.